The quantitative estimate of drug-likeness (QED) is 0.395. The van der Waals surface area contributed by atoms with Gasteiger partial charge in [-0.2, -0.15) is 15.0 Å². The Labute approximate surface area is 195 Å². The fraction of sp³-hybridized carbons (Fsp3) is 0.240. The van der Waals surface area contributed by atoms with Crippen molar-refractivity contribution in [1.29, 1.82) is 0 Å². The zero-order valence-corrected chi connectivity index (χ0v) is 19.7. The number of hydrogen-bond donors (Lipinski definition) is 2. The van der Waals surface area contributed by atoms with Gasteiger partial charge >= 0.3 is 0 Å². The molecule has 0 aromatic heterocycles. The minimum Gasteiger partial charge on any atom is -0.325 e. The van der Waals surface area contributed by atoms with E-state index in [0.717, 1.165) is 11.3 Å². The van der Waals surface area contributed by atoms with E-state index >= 15 is 0 Å². The lowest BCUT2D eigenvalue weighted by Gasteiger charge is -2.23. The fourth-order valence-corrected chi connectivity index (χ4v) is 4.36. The summed E-state index contributed by atoms with van der Waals surface area (Å²) >= 11 is 0. The molecule has 0 spiro atoms. The number of nitrogens with one attached hydrogen (secondary N) is 2. The first-order valence-corrected chi connectivity index (χ1v) is 12.2. The molecule has 0 saturated heterocycles. The van der Waals surface area contributed by atoms with E-state index in [9.17, 15) is 13.2 Å². The van der Waals surface area contributed by atoms with Crippen molar-refractivity contribution in [3.05, 3.63) is 84.4 Å². The number of benzene rings is 3. The summed E-state index contributed by atoms with van der Waals surface area (Å²) in [6.45, 7) is 5.64. The molecule has 0 aliphatic rings. The van der Waals surface area contributed by atoms with Crippen LogP contribution in [-0.4, -0.2) is 20.4 Å². The van der Waals surface area contributed by atoms with E-state index < -0.39 is 22.0 Å². The third-order valence-corrected chi connectivity index (χ3v) is 6.74. The van der Waals surface area contributed by atoms with Gasteiger partial charge in [0.05, 0.1) is 16.3 Å². The number of sulfonamides is 1. The van der Waals surface area contributed by atoms with Crippen LogP contribution in [0.4, 0.5) is 17.1 Å². The molecule has 3 rings (SSSR count). The SMILES string of the molecule is CC[C@H](C)[C@@H](NS(=O)(=O)c1ccc(C)cc1)C(=O)Nc1ccc(N=Nc2ccccc2)cc1. The number of carbonyl (C=O) groups excluding carboxylic acids is 1. The molecular weight excluding hydrogens is 436 g/mol. The van der Waals surface area contributed by atoms with Crippen LogP contribution in [0.25, 0.3) is 0 Å². The van der Waals surface area contributed by atoms with Crippen LogP contribution < -0.4 is 10.0 Å². The largest absolute Gasteiger partial charge is 0.325 e. The van der Waals surface area contributed by atoms with Gasteiger partial charge in [0.2, 0.25) is 15.9 Å². The maximum atomic E-state index is 13.0. The van der Waals surface area contributed by atoms with E-state index in [-0.39, 0.29) is 10.8 Å². The van der Waals surface area contributed by atoms with Gasteiger partial charge in [0.25, 0.3) is 0 Å². The molecule has 172 valence electrons. The number of azo groups is 1. The zero-order valence-electron chi connectivity index (χ0n) is 18.9. The molecule has 8 heteroatoms. The Morgan fingerprint density at radius 3 is 2.03 bits per heavy atom. The first-order chi connectivity index (χ1) is 15.8. The molecule has 0 aliphatic carbocycles. The summed E-state index contributed by atoms with van der Waals surface area (Å²) in [5, 5.41) is 11.2. The van der Waals surface area contributed by atoms with E-state index in [1.54, 1.807) is 36.4 Å². The van der Waals surface area contributed by atoms with Crippen molar-refractivity contribution < 1.29 is 13.2 Å². The maximum absolute atomic E-state index is 13.0. The molecule has 3 aromatic rings. The second kappa shape index (κ2) is 11.0. The van der Waals surface area contributed by atoms with Gasteiger partial charge in [0.1, 0.15) is 6.04 Å². The fourth-order valence-electron chi connectivity index (χ4n) is 3.06. The van der Waals surface area contributed by atoms with Crippen molar-refractivity contribution >= 4 is 33.0 Å². The Kier molecular flexibility index (Phi) is 8.08. The molecule has 33 heavy (non-hydrogen) atoms. The predicted molar refractivity (Wildman–Crippen MR) is 130 cm³/mol. The highest BCUT2D eigenvalue weighted by molar-refractivity contribution is 7.89. The molecule has 7 nitrogen and oxygen atoms in total. The van der Waals surface area contributed by atoms with Crippen molar-refractivity contribution in [3.8, 4) is 0 Å². The number of carbonyl (C=O) groups is 1. The van der Waals surface area contributed by atoms with Gasteiger partial charge in [0, 0.05) is 5.69 Å². The first-order valence-electron chi connectivity index (χ1n) is 10.7. The average Bonchev–Trinajstić information content (AvgIpc) is 2.82. The van der Waals surface area contributed by atoms with Crippen molar-refractivity contribution in [2.45, 2.75) is 38.1 Å². The lowest BCUT2D eigenvalue weighted by molar-refractivity contribution is -0.118. The number of rotatable bonds is 9. The number of aryl methyl sites for hydroxylation is 1. The number of amides is 1. The van der Waals surface area contributed by atoms with Gasteiger partial charge in [-0.1, -0.05) is 56.2 Å². The van der Waals surface area contributed by atoms with Crippen molar-refractivity contribution in [3.63, 3.8) is 0 Å². The van der Waals surface area contributed by atoms with E-state index in [4.69, 9.17) is 0 Å². The Bertz CT molecular complexity index is 1190. The lowest BCUT2D eigenvalue weighted by Crippen LogP contribution is -2.47. The van der Waals surface area contributed by atoms with Gasteiger partial charge in [-0.3, -0.25) is 4.79 Å². The second-order valence-corrected chi connectivity index (χ2v) is 9.58. The molecule has 2 N–H and O–H groups in total. The highest BCUT2D eigenvalue weighted by Crippen LogP contribution is 2.21. The van der Waals surface area contributed by atoms with Crippen molar-refractivity contribution in [2.75, 3.05) is 5.32 Å². The van der Waals surface area contributed by atoms with Gasteiger partial charge in [-0.25, -0.2) is 8.42 Å². The van der Waals surface area contributed by atoms with Gasteiger partial charge < -0.3 is 5.32 Å². The molecule has 0 fully saturated rings. The Balaban J connectivity index is 1.71. The molecule has 0 radical (unpaired) electrons. The highest BCUT2D eigenvalue weighted by atomic mass is 32.2. The standard InChI is InChI=1S/C25H28N4O3S/c1-4-19(3)24(29-33(31,32)23-16-10-18(2)11-17-23)25(30)26-20-12-14-22(15-13-20)28-27-21-8-6-5-7-9-21/h5-17,19,24,29H,4H2,1-3H3,(H,26,30)/t19-,24+/m0/s1. The topological polar surface area (TPSA) is 100.0 Å². The van der Waals surface area contributed by atoms with E-state index in [0.29, 0.717) is 17.8 Å². The summed E-state index contributed by atoms with van der Waals surface area (Å²) in [7, 11) is -3.85. The minimum atomic E-state index is -3.85. The molecule has 0 aliphatic heterocycles. The van der Waals surface area contributed by atoms with Crippen LogP contribution in [0.3, 0.4) is 0 Å². The van der Waals surface area contributed by atoms with Crippen LogP contribution >= 0.6 is 0 Å². The summed E-state index contributed by atoms with van der Waals surface area (Å²) in [4.78, 5) is 13.1. The lowest BCUT2D eigenvalue weighted by atomic mass is 9.99. The van der Waals surface area contributed by atoms with Crippen LogP contribution in [0.5, 0.6) is 0 Å². The first kappa shape index (κ1) is 24.3. The highest BCUT2D eigenvalue weighted by Gasteiger charge is 2.29. The maximum Gasteiger partial charge on any atom is 0.242 e. The summed E-state index contributed by atoms with van der Waals surface area (Å²) in [6.07, 6.45) is 0.632. The van der Waals surface area contributed by atoms with Crippen LogP contribution in [-0.2, 0) is 14.8 Å². The Hall–Kier alpha value is -3.36. The molecule has 3 aromatic carbocycles. The summed E-state index contributed by atoms with van der Waals surface area (Å²) in [6, 6.07) is 21.9. The van der Waals surface area contributed by atoms with Gasteiger partial charge in [-0.05, 0) is 61.4 Å². The monoisotopic (exact) mass is 464 g/mol. The van der Waals surface area contributed by atoms with E-state index in [1.165, 1.54) is 12.1 Å². The van der Waals surface area contributed by atoms with Crippen LogP contribution in [0, 0.1) is 12.8 Å². The van der Waals surface area contributed by atoms with Gasteiger partial charge in [0.15, 0.2) is 0 Å². The minimum absolute atomic E-state index is 0.127. The molecule has 1 amide bonds. The summed E-state index contributed by atoms with van der Waals surface area (Å²) < 4.78 is 28.3. The van der Waals surface area contributed by atoms with Crippen LogP contribution in [0.15, 0.2) is 94.0 Å². The van der Waals surface area contributed by atoms with Crippen molar-refractivity contribution in [2.24, 2.45) is 16.1 Å². The molecule has 0 bridgehead atoms. The van der Waals surface area contributed by atoms with Crippen LogP contribution in [0.2, 0.25) is 0 Å². The summed E-state index contributed by atoms with van der Waals surface area (Å²) in [5.74, 6) is -0.622. The van der Waals surface area contributed by atoms with Crippen molar-refractivity contribution in [1.82, 2.24) is 4.72 Å². The Morgan fingerprint density at radius 1 is 0.879 bits per heavy atom. The predicted octanol–water partition coefficient (Wildman–Crippen LogP) is 5.74. The number of hydrogen-bond acceptors (Lipinski definition) is 5. The molecule has 2 atom stereocenters. The Morgan fingerprint density at radius 2 is 1.45 bits per heavy atom. The van der Waals surface area contributed by atoms with Crippen LogP contribution in [0.1, 0.15) is 25.8 Å². The second-order valence-electron chi connectivity index (χ2n) is 7.87. The smallest absolute Gasteiger partial charge is 0.242 e. The molecule has 0 heterocycles. The molecular formula is C25H28N4O3S. The third-order valence-electron chi connectivity index (χ3n) is 5.28. The average molecular weight is 465 g/mol. The number of nitrogens with zero attached hydrogens (tertiary/aromatic N) is 2. The van der Waals surface area contributed by atoms with E-state index in [2.05, 4.69) is 20.3 Å². The van der Waals surface area contributed by atoms with Gasteiger partial charge in [-0.15, -0.1) is 0 Å². The normalized spacial score (nSPS) is 13.5. The zero-order chi connectivity index (χ0) is 23.8. The van der Waals surface area contributed by atoms with E-state index in [1.807, 2.05) is 51.1 Å². The molecule has 0 unspecified atom stereocenters. The molecule has 0 saturated carbocycles. The third kappa shape index (κ3) is 6.81. The summed E-state index contributed by atoms with van der Waals surface area (Å²) in [5.41, 5.74) is 2.88. The number of anilines is 1.